The quantitative estimate of drug-likeness (QED) is 0.489. The highest BCUT2D eigenvalue weighted by Gasteiger charge is 2.27. The number of carbonyl (C=O) groups excluding carboxylic acids is 1. The fraction of sp³-hybridized carbons (Fsp3) is 0.190. The van der Waals surface area contributed by atoms with Crippen molar-refractivity contribution in [2.45, 2.75) is 6.92 Å². The Morgan fingerprint density at radius 1 is 1.07 bits per heavy atom. The van der Waals surface area contributed by atoms with Gasteiger partial charge in [0.1, 0.15) is 5.65 Å². The minimum absolute atomic E-state index is 0.159. The standard InChI is InChI=1S/C21H19N3O5/c1-12-15(24-8-6-5-7-18(24)22-12)11-14-21(25)29-20(23-14)13-9-16(26-2)19(28-4)17(10-13)27-3/h5-11H,1-4H3. The lowest BCUT2D eigenvalue weighted by molar-refractivity contribution is -0.129. The molecule has 0 radical (unpaired) electrons. The average Bonchev–Trinajstić information content (AvgIpc) is 3.26. The maximum atomic E-state index is 12.4. The van der Waals surface area contributed by atoms with Crippen molar-refractivity contribution in [3.05, 3.63) is 59.2 Å². The lowest BCUT2D eigenvalue weighted by Crippen LogP contribution is -2.07. The zero-order chi connectivity index (χ0) is 20.5. The SMILES string of the molecule is COc1cc(C2=NC(=Cc3c(C)nc4ccccn34)C(=O)O2)cc(OC)c1OC. The number of aryl methyl sites for hydroxylation is 1. The summed E-state index contributed by atoms with van der Waals surface area (Å²) in [4.78, 5) is 21.3. The molecular formula is C21H19N3O5. The van der Waals surface area contributed by atoms with Crippen LogP contribution in [-0.4, -0.2) is 42.6 Å². The van der Waals surface area contributed by atoms with Gasteiger partial charge in [0, 0.05) is 11.8 Å². The number of ether oxygens (including phenoxy) is 4. The summed E-state index contributed by atoms with van der Waals surface area (Å²) in [6, 6.07) is 9.05. The summed E-state index contributed by atoms with van der Waals surface area (Å²) in [5, 5.41) is 0. The first-order valence-corrected chi connectivity index (χ1v) is 8.82. The van der Waals surface area contributed by atoms with Gasteiger partial charge in [-0.2, -0.15) is 0 Å². The fourth-order valence-corrected chi connectivity index (χ4v) is 3.17. The fourth-order valence-electron chi connectivity index (χ4n) is 3.17. The highest BCUT2D eigenvalue weighted by atomic mass is 16.6. The molecule has 29 heavy (non-hydrogen) atoms. The van der Waals surface area contributed by atoms with E-state index < -0.39 is 5.97 Å². The average molecular weight is 393 g/mol. The van der Waals surface area contributed by atoms with Crippen LogP contribution in [0.15, 0.2) is 47.2 Å². The molecule has 148 valence electrons. The number of rotatable bonds is 5. The largest absolute Gasteiger partial charge is 0.493 e. The molecule has 0 unspecified atom stereocenters. The van der Waals surface area contributed by atoms with E-state index in [9.17, 15) is 4.79 Å². The molecule has 3 aromatic rings. The number of esters is 1. The van der Waals surface area contributed by atoms with Gasteiger partial charge in [0.25, 0.3) is 0 Å². The third kappa shape index (κ3) is 3.18. The number of carbonyl (C=O) groups is 1. The van der Waals surface area contributed by atoms with Crippen LogP contribution >= 0.6 is 0 Å². The first-order chi connectivity index (χ1) is 14.0. The van der Waals surface area contributed by atoms with Crippen molar-refractivity contribution in [3.63, 3.8) is 0 Å². The second-order valence-corrected chi connectivity index (χ2v) is 6.26. The predicted molar refractivity (Wildman–Crippen MR) is 107 cm³/mol. The molecule has 3 heterocycles. The third-order valence-electron chi connectivity index (χ3n) is 4.56. The van der Waals surface area contributed by atoms with Crippen LogP contribution in [0.4, 0.5) is 0 Å². The number of nitrogens with zero attached hydrogens (tertiary/aromatic N) is 3. The summed E-state index contributed by atoms with van der Waals surface area (Å²) in [7, 11) is 4.55. The lowest BCUT2D eigenvalue weighted by Gasteiger charge is -2.13. The second-order valence-electron chi connectivity index (χ2n) is 6.26. The van der Waals surface area contributed by atoms with Gasteiger partial charge < -0.3 is 18.9 Å². The first-order valence-electron chi connectivity index (χ1n) is 8.82. The number of aliphatic imine (C=N–C) groups is 1. The van der Waals surface area contributed by atoms with Crippen molar-refractivity contribution in [3.8, 4) is 17.2 Å². The predicted octanol–water partition coefficient (Wildman–Crippen LogP) is 3.01. The molecule has 0 atom stereocenters. The Morgan fingerprint density at radius 3 is 2.45 bits per heavy atom. The Hall–Kier alpha value is -3.81. The number of hydrogen-bond donors (Lipinski definition) is 0. The summed E-state index contributed by atoms with van der Waals surface area (Å²) >= 11 is 0. The van der Waals surface area contributed by atoms with E-state index in [0.717, 1.165) is 17.0 Å². The van der Waals surface area contributed by atoms with Crippen molar-refractivity contribution in [2.75, 3.05) is 21.3 Å². The van der Waals surface area contributed by atoms with Gasteiger partial charge in [-0.1, -0.05) is 6.07 Å². The van der Waals surface area contributed by atoms with Gasteiger partial charge in [-0.25, -0.2) is 14.8 Å². The minimum atomic E-state index is -0.543. The topological polar surface area (TPSA) is 83.7 Å². The minimum Gasteiger partial charge on any atom is -0.493 e. The monoisotopic (exact) mass is 393 g/mol. The number of pyridine rings is 1. The van der Waals surface area contributed by atoms with Crippen LogP contribution in [0.25, 0.3) is 11.7 Å². The zero-order valence-corrected chi connectivity index (χ0v) is 16.4. The number of imidazole rings is 1. The molecule has 0 bridgehead atoms. The van der Waals surface area contributed by atoms with Crippen LogP contribution in [0.1, 0.15) is 17.0 Å². The molecule has 1 aromatic carbocycles. The van der Waals surface area contributed by atoms with E-state index in [1.165, 1.54) is 21.3 Å². The van der Waals surface area contributed by atoms with E-state index in [0.29, 0.717) is 22.8 Å². The smallest absolute Gasteiger partial charge is 0.363 e. The van der Waals surface area contributed by atoms with Crippen LogP contribution in [0.3, 0.4) is 0 Å². The molecule has 0 aliphatic carbocycles. The number of fused-ring (bicyclic) bond motifs is 1. The summed E-state index contributed by atoms with van der Waals surface area (Å²) in [5.74, 6) is 0.943. The lowest BCUT2D eigenvalue weighted by atomic mass is 10.1. The van der Waals surface area contributed by atoms with E-state index in [2.05, 4.69) is 9.98 Å². The molecule has 0 N–H and O–H groups in total. The molecule has 8 nitrogen and oxygen atoms in total. The maximum Gasteiger partial charge on any atom is 0.363 e. The van der Waals surface area contributed by atoms with Crippen LogP contribution in [0, 0.1) is 6.92 Å². The zero-order valence-electron chi connectivity index (χ0n) is 16.4. The molecule has 0 amide bonds. The summed E-state index contributed by atoms with van der Waals surface area (Å²) in [5.41, 5.74) is 3.06. The Labute approximate surface area is 167 Å². The van der Waals surface area contributed by atoms with E-state index in [1.54, 1.807) is 18.2 Å². The molecule has 1 aliphatic rings. The van der Waals surface area contributed by atoms with Crippen LogP contribution < -0.4 is 14.2 Å². The number of cyclic esters (lactones) is 1. The number of aromatic nitrogens is 2. The van der Waals surface area contributed by atoms with E-state index >= 15 is 0 Å². The molecule has 0 saturated carbocycles. The normalized spacial score (nSPS) is 14.8. The van der Waals surface area contributed by atoms with Gasteiger partial charge in [0.15, 0.2) is 17.2 Å². The van der Waals surface area contributed by atoms with Gasteiger partial charge in [-0.3, -0.25) is 4.40 Å². The molecule has 0 spiro atoms. The first kappa shape index (κ1) is 18.5. The number of benzene rings is 1. The Balaban J connectivity index is 1.78. The number of methoxy groups -OCH3 is 3. The van der Waals surface area contributed by atoms with Crippen molar-refractivity contribution in [1.82, 2.24) is 9.38 Å². The highest BCUT2D eigenvalue weighted by molar-refractivity contribution is 6.13. The van der Waals surface area contributed by atoms with E-state index in [-0.39, 0.29) is 11.6 Å². The Bertz CT molecular complexity index is 1150. The summed E-state index contributed by atoms with van der Waals surface area (Å²) in [6.45, 7) is 1.88. The van der Waals surface area contributed by atoms with Gasteiger partial charge >= 0.3 is 5.97 Å². The van der Waals surface area contributed by atoms with Crippen LogP contribution in [0.5, 0.6) is 17.2 Å². The maximum absolute atomic E-state index is 12.4. The highest BCUT2D eigenvalue weighted by Crippen LogP contribution is 2.39. The molecule has 8 heteroatoms. The Morgan fingerprint density at radius 2 is 1.79 bits per heavy atom. The summed E-state index contributed by atoms with van der Waals surface area (Å²) in [6.07, 6.45) is 3.55. The molecule has 4 rings (SSSR count). The van der Waals surface area contributed by atoms with E-state index in [1.807, 2.05) is 35.7 Å². The van der Waals surface area contributed by atoms with Crippen LogP contribution in [-0.2, 0) is 9.53 Å². The van der Waals surface area contributed by atoms with Crippen molar-refractivity contribution in [2.24, 2.45) is 4.99 Å². The molecule has 0 fully saturated rings. The van der Waals surface area contributed by atoms with Gasteiger partial charge in [-0.15, -0.1) is 0 Å². The Kier molecular flexibility index (Phi) is 4.67. The van der Waals surface area contributed by atoms with Gasteiger partial charge in [-0.05, 0) is 37.3 Å². The number of hydrogen-bond acceptors (Lipinski definition) is 7. The van der Waals surface area contributed by atoms with Crippen LogP contribution in [0.2, 0.25) is 0 Å². The van der Waals surface area contributed by atoms with Crippen molar-refractivity contribution >= 4 is 23.6 Å². The molecule has 0 saturated heterocycles. The third-order valence-corrected chi connectivity index (χ3v) is 4.56. The molecule has 1 aliphatic heterocycles. The second kappa shape index (κ2) is 7.31. The molecular weight excluding hydrogens is 374 g/mol. The van der Waals surface area contributed by atoms with Crippen molar-refractivity contribution < 1.29 is 23.7 Å². The van der Waals surface area contributed by atoms with Crippen molar-refractivity contribution in [1.29, 1.82) is 0 Å². The van der Waals surface area contributed by atoms with Gasteiger partial charge in [0.2, 0.25) is 11.6 Å². The summed E-state index contributed by atoms with van der Waals surface area (Å²) < 4.78 is 23.3. The van der Waals surface area contributed by atoms with Gasteiger partial charge in [0.05, 0.1) is 32.7 Å². The van der Waals surface area contributed by atoms with E-state index in [4.69, 9.17) is 18.9 Å². The molecule has 2 aromatic heterocycles.